The van der Waals surface area contributed by atoms with Crippen LogP contribution in [0.25, 0.3) is 0 Å². The third-order valence-electron chi connectivity index (χ3n) is 3.96. The van der Waals surface area contributed by atoms with Crippen molar-refractivity contribution in [1.82, 2.24) is 5.32 Å². The van der Waals surface area contributed by atoms with Crippen LogP contribution in [-0.2, 0) is 4.79 Å². The van der Waals surface area contributed by atoms with Crippen molar-refractivity contribution in [2.75, 3.05) is 13.7 Å². The summed E-state index contributed by atoms with van der Waals surface area (Å²) >= 11 is 0. The number of hydrogen-bond donors (Lipinski definition) is 1. The normalized spacial score (nSPS) is 21.6. The van der Waals surface area contributed by atoms with E-state index in [1.165, 1.54) is 7.11 Å². The SMILES string of the molecule is COc1ccccc1OCC(=O)N[C@@H]1CCCC[C@@H]1C(F)(F)F. The smallest absolute Gasteiger partial charge is 0.393 e. The predicted molar refractivity (Wildman–Crippen MR) is 78.4 cm³/mol. The Morgan fingerprint density at radius 1 is 1.22 bits per heavy atom. The van der Waals surface area contributed by atoms with E-state index < -0.39 is 24.0 Å². The Morgan fingerprint density at radius 2 is 1.87 bits per heavy atom. The van der Waals surface area contributed by atoms with Crippen molar-refractivity contribution in [3.63, 3.8) is 0 Å². The van der Waals surface area contributed by atoms with Gasteiger partial charge in [-0.05, 0) is 25.0 Å². The fraction of sp³-hybridized carbons (Fsp3) is 0.562. The first kappa shape index (κ1) is 17.4. The van der Waals surface area contributed by atoms with E-state index in [0.717, 1.165) is 0 Å². The Morgan fingerprint density at radius 3 is 2.52 bits per heavy atom. The molecule has 1 aliphatic carbocycles. The standard InChI is InChI=1S/C16H20F3NO3/c1-22-13-8-4-5-9-14(13)23-10-15(21)20-12-7-3-2-6-11(12)16(17,18)19/h4-5,8-9,11-12H,2-3,6-7,10H2,1H3,(H,20,21)/t11-,12+/m0/s1. The van der Waals surface area contributed by atoms with Gasteiger partial charge in [-0.3, -0.25) is 4.79 Å². The van der Waals surface area contributed by atoms with Gasteiger partial charge in [-0.1, -0.05) is 25.0 Å². The lowest BCUT2D eigenvalue weighted by atomic mass is 9.84. The number of hydrogen-bond acceptors (Lipinski definition) is 3. The second-order valence-electron chi connectivity index (χ2n) is 5.55. The molecule has 0 spiro atoms. The monoisotopic (exact) mass is 331 g/mol. The second-order valence-corrected chi connectivity index (χ2v) is 5.55. The van der Waals surface area contributed by atoms with Crippen LogP contribution in [0, 0.1) is 5.92 Å². The first-order valence-corrected chi connectivity index (χ1v) is 7.53. The molecule has 1 aromatic carbocycles. The van der Waals surface area contributed by atoms with Crippen LogP contribution in [0.4, 0.5) is 13.2 Å². The molecule has 1 amide bonds. The Bertz CT molecular complexity index is 534. The average Bonchev–Trinajstić information content (AvgIpc) is 2.52. The molecule has 4 nitrogen and oxygen atoms in total. The number of nitrogens with one attached hydrogen (secondary N) is 1. The van der Waals surface area contributed by atoms with Gasteiger partial charge in [0.1, 0.15) is 0 Å². The number of alkyl halides is 3. The third kappa shape index (κ3) is 4.77. The van der Waals surface area contributed by atoms with Gasteiger partial charge in [0.05, 0.1) is 13.0 Å². The molecule has 1 aliphatic rings. The third-order valence-corrected chi connectivity index (χ3v) is 3.96. The lowest BCUT2D eigenvalue weighted by molar-refractivity contribution is -0.189. The van der Waals surface area contributed by atoms with Crippen molar-refractivity contribution in [3.8, 4) is 11.5 Å². The van der Waals surface area contributed by atoms with Gasteiger partial charge in [0.25, 0.3) is 5.91 Å². The van der Waals surface area contributed by atoms with Gasteiger partial charge in [-0.25, -0.2) is 0 Å². The highest BCUT2D eigenvalue weighted by Crippen LogP contribution is 2.37. The molecule has 1 N–H and O–H groups in total. The number of amides is 1. The second kappa shape index (κ2) is 7.57. The molecular formula is C16H20F3NO3. The molecule has 0 saturated heterocycles. The maximum absolute atomic E-state index is 13.0. The summed E-state index contributed by atoms with van der Waals surface area (Å²) in [6.07, 6.45) is -2.67. The Hall–Kier alpha value is -1.92. The van der Waals surface area contributed by atoms with E-state index in [1.54, 1.807) is 24.3 Å². The van der Waals surface area contributed by atoms with Crippen LogP contribution in [0.1, 0.15) is 25.7 Å². The van der Waals surface area contributed by atoms with E-state index in [4.69, 9.17) is 9.47 Å². The molecular weight excluding hydrogens is 311 g/mol. The van der Waals surface area contributed by atoms with E-state index in [0.29, 0.717) is 30.8 Å². The number of carbonyl (C=O) groups is 1. The van der Waals surface area contributed by atoms with Gasteiger partial charge in [-0.2, -0.15) is 13.2 Å². The lowest BCUT2D eigenvalue weighted by Gasteiger charge is -2.33. The minimum absolute atomic E-state index is 0.0574. The summed E-state index contributed by atoms with van der Waals surface area (Å²) in [7, 11) is 1.47. The van der Waals surface area contributed by atoms with E-state index in [2.05, 4.69) is 5.32 Å². The van der Waals surface area contributed by atoms with Crippen LogP contribution in [0.5, 0.6) is 11.5 Å². The van der Waals surface area contributed by atoms with E-state index in [1.807, 2.05) is 0 Å². The summed E-state index contributed by atoms with van der Waals surface area (Å²) in [5, 5.41) is 2.46. The molecule has 0 unspecified atom stereocenters. The van der Waals surface area contributed by atoms with E-state index in [9.17, 15) is 18.0 Å². The molecule has 1 aromatic rings. The van der Waals surface area contributed by atoms with Gasteiger partial charge in [0, 0.05) is 6.04 Å². The minimum Gasteiger partial charge on any atom is -0.493 e. The lowest BCUT2D eigenvalue weighted by Crippen LogP contribution is -2.48. The predicted octanol–water partition coefficient (Wildman–Crippen LogP) is 3.31. The zero-order valence-corrected chi connectivity index (χ0v) is 12.9. The van der Waals surface area contributed by atoms with Gasteiger partial charge in [0.2, 0.25) is 0 Å². The number of halogens is 3. The molecule has 1 fully saturated rings. The number of ether oxygens (including phenoxy) is 2. The molecule has 1 saturated carbocycles. The van der Waals surface area contributed by atoms with E-state index in [-0.39, 0.29) is 13.0 Å². The molecule has 0 aliphatic heterocycles. The molecule has 7 heteroatoms. The zero-order valence-electron chi connectivity index (χ0n) is 12.9. The number of benzene rings is 1. The van der Waals surface area contributed by atoms with Crippen molar-refractivity contribution in [3.05, 3.63) is 24.3 Å². The summed E-state index contributed by atoms with van der Waals surface area (Å²) in [6.45, 7) is -0.346. The van der Waals surface area contributed by atoms with Crippen molar-refractivity contribution in [2.24, 2.45) is 5.92 Å². The first-order chi connectivity index (χ1) is 10.9. The van der Waals surface area contributed by atoms with Crippen molar-refractivity contribution >= 4 is 5.91 Å². The van der Waals surface area contributed by atoms with Gasteiger partial charge < -0.3 is 14.8 Å². The Balaban J connectivity index is 1.91. The fourth-order valence-corrected chi connectivity index (χ4v) is 2.83. The average molecular weight is 331 g/mol. The largest absolute Gasteiger partial charge is 0.493 e. The zero-order chi connectivity index (χ0) is 16.9. The highest BCUT2D eigenvalue weighted by molar-refractivity contribution is 5.78. The van der Waals surface area contributed by atoms with Gasteiger partial charge in [0.15, 0.2) is 18.1 Å². The number of methoxy groups -OCH3 is 1. The Kier molecular flexibility index (Phi) is 5.74. The molecule has 0 aromatic heterocycles. The molecule has 2 atom stereocenters. The summed E-state index contributed by atoms with van der Waals surface area (Å²) in [5.41, 5.74) is 0. The van der Waals surface area contributed by atoms with Crippen LogP contribution in [-0.4, -0.2) is 31.8 Å². The quantitative estimate of drug-likeness (QED) is 0.900. The van der Waals surface area contributed by atoms with Gasteiger partial charge in [-0.15, -0.1) is 0 Å². The molecule has 128 valence electrons. The maximum atomic E-state index is 13.0. The first-order valence-electron chi connectivity index (χ1n) is 7.53. The summed E-state index contributed by atoms with van der Waals surface area (Å²) in [6, 6.07) is 5.90. The highest BCUT2D eigenvalue weighted by Gasteiger charge is 2.45. The summed E-state index contributed by atoms with van der Waals surface area (Å²) < 4.78 is 49.4. The highest BCUT2D eigenvalue weighted by atomic mass is 19.4. The van der Waals surface area contributed by atoms with Crippen LogP contribution < -0.4 is 14.8 Å². The van der Waals surface area contributed by atoms with Gasteiger partial charge >= 0.3 is 6.18 Å². The maximum Gasteiger partial charge on any atom is 0.393 e. The topological polar surface area (TPSA) is 47.6 Å². The fourth-order valence-electron chi connectivity index (χ4n) is 2.83. The van der Waals surface area contributed by atoms with Crippen LogP contribution in [0.3, 0.4) is 0 Å². The molecule has 23 heavy (non-hydrogen) atoms. The molecule has 2 rings (SSSR count). The van der Waals surface area contributed by atoms with Crippen molar-refractivity contribution in [2.45, 2.75) is 37.9 Å². The summed E-state index contributed by atoms with van der Waals surface area (Å²) in [4.78, 5) is 11.9. The molecule has 0 radical (unpaired) electrons. The van der Waals surface area contributed by atoms with Crippen molar-refractivity contribution in [1.29, 1.82) is 0 Å². The number of carbonyl (C=O) groups excluding carboxylic acids is 1. The molecule has 0 bridgehead atoms. The number of rotatable bonds is 5. The number of para-hydroxylation sites is 2. The molecule has 0 heterocycles. The van der Waals surface area contributed by atoms with Crippen molar-refractivity contribution < 1.29 is 27.4 Å². The van der Waals surface area contributed by atoms with Crippen LogP contribution >= 0.6 is 0 Å². The van der Waals surface area contributed by atoms with E-state index >= 15 is 0 Å². The minimum atomic E-state index is -4.29. The van der Waals surface area contributed by atoms with Crippen LogP contribution in [0.2, 0.25) is 0 Å². The van der Waals surface area contributed by atoms with Crippen LogP contribution in [0.15, 0.2) is 24.3 Å². The Labute approximate surface area is 133 Å². The summed E-state index contributed by atoms with van der Waals surface area (Å²) in [5.74, 6) is -1.20.